The van der Waals surface area contributed by atoms with E-state index in [4.69, 9.17) is 9.72 Å². The smallest absolute Gasteiger partial charge is 0.110 e. The quantitative estimate of drug-likeness (QED) is 0.453. The number of rotatable bonds is 6. The summed E-state index contributed by atoms with van der Waals surface area (Å²) in [6, 6.07) is 10.4. The molecule has 0 bridgehead atoms. The molecule has 0 amide bonds. The normalized spacial score (nSPS) is 18.3. The number of imidazole rings is 1. The lowest BCUT2D eigenvalue weighted by atomic mass is 9.96. The summed E-state index contributed by atoms with van der Waals surface area (Å²) in [7, 11) is 1.76. The van der Waals surface area contributed by atoms with E-state index in [1.807, 2.05) is 24.5 Å². The molecule has 0 atom stereocenters. The number of nitrogens with one attached hydrogen (secondary N) is 1. The van der Waals surface area contributed by atoms with Crippen molar-refractivity contribution in [2.24, 2.45) is 5.16 Å². The number of pyridine rings is 1. The highest BCUT2D eigenvalue weighted by Crippen LogP contribution is 2.36. The predicted octanol–water partition coefficient (Wildman–Crippen LogP) is 4.09. The number of fused-ring (bicyclic) bond motifs is 1. The van der Waals surface area contributed by atoms with E-state index in [1.165, 1.54) is 5.56 Å². The van der Waals surface area contributed by atoms with Crippen LogP contribution in [0, 0.1) is 0 Å². The predicted molar refractivity (Wildman–Crippen MR) is 124 cm³/mol. The van der Waals surface area contributed by atoms with Gasteiger partial charge < -0.3 is 19.8 Å². The summed E-state index contributed by atoms with van der Waals surface area (Å²) < 4.78 is 5.23. The lowest BCUT2D eigenvalue weighted by molar-refractivity contribution is 0.129. The molecule has 2 aromatic heterocycles. The van der Waals surface area contributed by atoms with Crippen LogP contribution in [0.15, 0.2) is 47.9 Å². The maximum atomic E-state index is 9.26. The Morgan fingerprint density at radius 2 is 1.94 bits per heavy atom. The molecule has 3 heterocycles. The first-order valence-corrected chi connectivity index (χ1v) is 11.3. The number of H-pyrrole nitrogens is 1. The highest BCUT2D eigenvalue weighted by atomic mass is 16.5. The second kappa shape index (κ2) is 9.22. The number of hydrogen-bond acceptors (Lipinski definition) is 6. The Bertz CT molecular complexity index is 1100. The molecular weight excluding hydrogens is 402 g/mol. The van der Waals surface area contributed by atoms with Crippen molar-refractivity contribution in [2.45, 2.75) is 31.6 Å². The number of aryl methyl sites for hydroxylation is 1. The van der Waals surface area contributed by atoms with Gasteiger partial charge in [0.05, 0.1) is 23.7 Å². The largest absolute Gasteiger partial charge is 0.411 e. The van der Waals surface area contributed by atoms with Gasteiger partial charge >= 0.3 is 0 Å². The minimum atomic E-state index is 0.422. The third kappa shape index (κ3) is 4.06. The van der Waals surface area contributed by atoms with Gasteiger partial charge in [-0.15, -0.1) is 0 Å². The highest BCUT2D eigenvalue weighted by molar-refractivity contribution is 6.04. The lowest BCUT2D eigenvalue weighted by Gasteiger charge is -2.30. The molecular formula is C25H29N5O2. The molecule has 5 rings (SSSR count). The first kappa shape index (κ1) is 20.8. The molecule has 0 saturated carbocycles. The van der Waals surface area contributed by atoms with Crippen LogP contribution in [0.2, 0.25) is 0 Å². The molecule has 7 heteroatoms. The maximum absolute atomic E-state index is 9.26. The Kier molecular flexibility index (Phi) is 6.01. The molecule has 1 aliphatic carbocycles. The number of aromatic nitrogens is 3. The first-order valence-electron chi connectivity index (χ1n) is 11.3. The Morgan fingerprint density at radius 3 is 2.69 bits per heavy atom. The fourth-order valence-electron chi connectivity index (χ4n) is 4.89. The number of hydrogen-bond donors (Lipinski definition) is 2. The van der Waals surface area contributed by atoms with Crippen molar-refractivity contribution in [3.63, 3.8) is 0 Å². The van der Waals surface area contributed by atoms with Crippen LogP contribution in [-0.2, 0) is 11.2 Å². The van der Waals surface area contributed by atoms with Gasteiger partial charge in [0.2, 0.25) is 0 Å². The Morgan fingerprint density at radius 1 is 1.12 bits per heavy atom. The van der Waals surface area contributed by atoms with Crippen molar-refractivity contribution >= 4 is 5.71 Å². The van der Waals surface area contributed by atoms with Crippen molar-refractivity contribution in [2.75, 3.05) is 33.4 Å². The van der Waals surface area contributed by atoms with E-state index in [2.05, 4.69) is 38.2 Å². The van der Waals surface area contributed by atoms with Crippen molar-refractivity contribution in [3.05, 3.63) is 59.7 Å². The fraction of sp³-hybridized carbons (Fsp3) is 0.400. The number of piperidine rings is 1. The molecule has 32 heavy (non-hydrogen) atoms. The molecule has 1 saturated heterocycles. The highest BCUT2D eigenvalue weighted by Gasteiger charge is 2.26. The van der Waals surface area contributed by atoms with E-state index in [-0.39, 0.29) is 0 Å². The topological polar surface area (TPSA) is 86.6 Å². The van der Waals surface area contributed by atoms with Crippen molar-refractivity contribution in [3.8, 4) is 22.5 Å². The Balaban J connectivity index is 1.47. The van der Waals surface area contributed by atoms with E-state index in [1.54, 1.807) is 7.11 Å². The van der Waals surface area contributed by atoms with Crippen molar-refractivity contribution in [1.29, 1.82) is 0 Å². The van der Waals surface area contributed by atoms with Crippen LogP contribution >= 0.6 is 0 Å². The molecule has 7 nitrogen and oxygen atoms in total. The van der Waals surface area contributed by atoms with Crippen LogP contribution in [0.25, 0.3) is 22.5 Å². The van der Waals surface area contributed by atoms with E-state index >= 15 is 0 Å². The summed E-state index contributed by atoms with van der Waals surface area (Å²) >= 11 is 0. The zero-order valence-corrected chi connectivity index (χ0v) is 18.4. The standard InChI is InChI=1S/C25H29N5O2/c1-32-15-14-30-12-8-18(9-13-30)25-27-23(17-6-10-26-11-7-17)24(28-25)20-2-4-21-19(16-20)3-5-22(21)29-31/h2,4,6-7,10-11,16,18,31H,3,5,8-9,12-15H2,1H3,(H,27,28)/b29-22+. The minimum Gasteiger partial charge on any atom is -0.411 e. The average molecular weight is 432 g/mol. The number of aromatic amines is 1. The van der Waals surface area contributed by atoms with Crippen molar-refractivity contribution in [1.82, 2.24) is 19.9 Å². The van der Waals surface area contributed by atoms with E-state index in [0.29, 0.717) is 5.92 Å². The lowest BCUT2D eigenvalue weighted by Crippen LogP contribution is -2.35. The van der Waals surface area contributed by atoms with Crippen LogP contribution in [-0.4, -0.2) is 64.1 Å². The average Bonchev–Trinajstić information content (AvgIpc) is 3.48. The van der Waals surface area contributed by atoms with Gasteiger partial charge in [-0.1, -0.05) is 17.3 Å². The number of nitrogens with zero attached hydrogens (tertiary/aromatic N) is 4. The van der Waals surface area contributed by atoms with E-state index in [0.717, 1.165) is 91.5 Å². The summed E-state index contributed by atoms with van der Waals surface area (Å²) in [6.07, 6.45) is 7.49. The van der Waals surface area contributed by atoms with Gasteiger partial charge in [-0.3, -0.25) is 4.98 Å². The van der Waals surface area contributed by atoms with Crippen molar-refractivity contribution < 1.29 is 9.94 Å². The molecule has 1 fully saturated rings. The number of benzene rings is 1. The molecule has 0 unspecified atom stereocenters. The zero-order valence-electron chi connectivity index (χ0n) is 18.4. The molecule has 166 valence electrons. The van der Waals surface area contributed by atoms with Gasteiger partial charge in [-0.25, -0.2) is 4.98 Å². The van der Waals surface area contributed by atoms with E-state index in [9.17, 15) is 5.21 Å². The minimum absolute atomic E-state index is 0.422. The second-order valence-electron chi connectivity index (χ2n) is 8.61. The number of methoxy groups -OCH3 is 1. The summed E-state index contributed by atoms with van der Waals surface area (Å²) in [5, 5.41) is 12.7. The monoisotopic (exact) mass is 431 g/mol. The van der Waals surface area contributed by atoms with Gasteiger partial charge in [0.25, 0.3) is 0 Å². The maximum Gasteiger partial charge on any atom is 0.110 e. The second-order valence-corrected chi connectivity index (χ2v) is 8.61. The summed E-state index contributed by atoms with van der Waals surface area (Å²) in [5.41, 5.74) is 7.22. The molecule has 0 spiro atoms. The Hall–Kier alpha value is -3.03. The third-order valence-corrected chi connectivity index (χ3v) is 6.72. The van der Waals surface area contributed by atoms with Gasteiger partial charge in [0.15, 0.2) is 0 Å². The molecule has 1 aromatic carbocycles. The van der Waals surface area contributed by atoms with Crippen LogP contribution < -0.4 is 0 Å². The number of oxime groups is 1. The van der Waals surface area contributed by atoms with Crippen LogP contribution in [0.4, 0.5) is 0 Å². The van der Waals surface area contributed by atoms with Crippen LogP contribution in [0.5, 0.6) is 0 Å². The SMILES string of the molecule is COCCN1CCC(c2nc(-c3ccc4c(c3)CC/C4=N\O)c(-c3ccncc3)[nH]2)CC1. The van der Waals surface area contributed by atoms with Crippen LogP contribution in [0.3, 0.4) is 0 Å². The van der Waals surface area contributed by atoms with Crippen LogP contribution in [0.1, 0.15) is 42.1 Å². The third-order valence-electron chi connectivity index (χ3n) is 6.72. The Labute approximate surface area is 188 Å². The summed E-state index contributed by atoms with van der Waals surface area (Å²) in [5.74, 6) is 1.49. The molecule has 1 aliphatic heterocycles. The van der Waals surface area contributed by atoms with Gasteiger partial charge in [0.1, 0.15) is 5.82 Å². The molecule has 2 N–H and O–H groups in total. The summed E-state index contributed by atoms with van der Waals surface area (Å²) in [4.78, 5) is 15.4. The molecule has 3 aromatic rings. The van der Waals surface area contributed by atoms with Gasteiger partial charge in [-0.2, -0.15) is 0 Å². The van der Waals surface area contributed by atoms with Gasteiger partial charge in [0, 0.05) is 48.7 Å². The molecule has 0 radical (unpaired) electrons. The number of ether oxygens (including phenoxy) is 1. The zero-order chi connectivity index (χ0) is 21.9. The van der Waals surface area contributed by atoms with Gasteiger partial charge in [-0.05, 0) is 62.5 Å². The molecule has 2 aliphatic rings. The summed E-state index contributed by atoms with van der Waals surface area (Å²) in [6.45, 7) is 3.90. The number of likely N-dealkylation sites (tertiary alicyclic amines) is 1. The fourth-order valence-corrected chi connectivity index (χ4v) is 4.89. The first-order chi connectivity index (χ1) is 15.8. The van der Waals surface area contributed by atoms with E-state index < -0.39 is 0 Å².